The Morgan fingerprint density at radius 2 is 1.70 bits per heavy atom. The van der Waals surface area contributed by atoms with E-state index in [4.69, 9.17) is 5.84 Å². The van der Waals surface area contributed by atoms with E-state index in [9.17, 15) is 0 Å². The molecule has 0 aliphatic heterocycles. The zero-order valence-electron chi connectivity index (χ0n) is 11.5. The number of nitrogens with one attached hydrogen (secondary N) is 1. The molecule has 0 aromatic heterocycles. The molecule has 0 saturated carbocycles. The van der Waals surface area contributed by atoms with Crippen LogP contribution in [0.4, 0.5) is 5.69 Å². The number of nitrogen functional groups attached to an aromatic ring is 1. The molecule has 3 N–H and O–H groups in total. The summed E-state index contributed by atoms with van der Waals surface area (Å²) in [5, 5.41) is 0. The van der Waals surface area contributed by atoms with E-state index < -0.39 is 0 Å². The van der Waals surface area contributed by atoms with Crippen LogP contribution in [0.2, 0.25) is 0 Å². The number of allylic oxidation sites excluding steroid dienone is 3. The van der Waals surface area contributed by atoms with E-state index >= 15 is 0 Å². The van der Waals surface area contributed by atoms with Crippen molar-refractivity contribution in [3.8, 4) is 0 Å². The van der Waals surface area contributed by atoms with Crippen LogP contribution in [0.1, 0.15) is 11.1 Å². The van der Waals surface area contributed by atoms with E-state index in [2.05, 4.69) is 48.4 Å². The summed E-state index contributed by atoms with van der Waals surface area (Å²) in [7, 11) is 0. The van der Waals surface area contributed by atoms with Crippen LogP contribution in [0.5, 0.6) is 0 Å². The number of anilines is 1. The van der Waals surface area contributed by atoms with Gasteiger partial charge in [-0.1, -0.05) is 72.8 Å². The predicted octanol–water partition coefficient (Wildman–Crippen LogP) is 3.87. The first-order chi connectivity index (χ1) is 9.83. The molecule has 102 valence electrons. The molecule has 20 heavy (non-hydrogen) atoms. The summed E-state index contributed by atoms with van der Waals surface area (Å²) in [5.41, 5.74) is 7.53. The Labute approximate surface area is 120 Å². The minimum absolute atomic E-state index is 0.862. The van der Waals surface area contributed by atoms with Crippen molar-refractivity contribution in [2.75, 3.05) is 5.43 Å². The minimum Gasteiger partial charge on any atom is -0.324 e. The third kappa shape index (κ3) is 3.84. The highest BCUT2D eigenvalue weighted by Crippen LogP contribution is 2.20. The van der Waals surface area contributed by atoms with Crippen molar-refractivity contribution in [2.24, 2.45) is 5.84 Å². The molecule has 0 saturated heterocycles. The lowest BCUT2D eigenvalue weighted by atomic mass is 9.97. The van der Waals surface area contributed by atoms with Crippen LogP contribution in [0.25, 0.3) is 0 Å². The summed E-state index contributed by atoms with van der Waals surface area (Å²) in [6, 6.07) is 18.5. The average Bonchev–Trinajstić information content (AvgIpc) is 2.49. The number of hydrazine groups is 1. The topological polar surface area (TPSA) is 38.0 Å². The van der Waals surface area contributed by atoms with Gasteiger partial charge < -0.3 is 5.43 Å². The van der Waals surface area contributed by atoms with Gasteiger partial charge in [0.25, 0.3) is 0 Å². The van der Waals surface area contributed by atoms with Gasteiger partial charge in [0, 0.05) is 0 Å². The van der Waals surface area contributed by atoms with Crippen LogP contribution >= 0.6 is 0 Å². The molecule has 0 aliphatic rings. The number of nitrogens with two attached hydrogens (primary N) is 1. The molecule has 2 nitrogen and oxygen atoms in total. The number of hydrogen-bond acceptors (Lipinski definition) is 2. The summed E-state index contributed by atoms with van der Waals surface area (Å²) in [4.78, 5) is 0. The summed E-state index contributed by atoms with van der Waals surface area (Å²) in [5.74, 6) is 5.56. The summed E-state index contributed by atoms with van der Waals surface area (Å²) < 4.78 is 0. The second-order valence-electron chi connectivity index (χ2n) is 4.70. The first-order valence-electron chi connectivity index (χ1n) is 6.72. The smallest absolute Gasteiger partial charge is 0.0520 e. The Morgan fingerprint density at radius 3 is 2.40 bits per heavy atom. The van der Waals surface area contributed by atoms with Crippen LogP contribution in [0.15, 0.2) is 78.9 Å². The van der Waals surface area contributed by atoms with Crippen LogP contribution < -0.4 is 11.3 Å². The third-order valence-electron chi connectivity index (χ3n) is 3.22. The molecule has 0 amide bonds. The van der Waals surface area contributed by atoms with Crippen molar-refractivity contribution in [1.29, 1.82) is 0 Å². The van der Waals surface area contributed by atoms with Gasteiger partial charge in [0.2, 0.25) is 0 Å². The summed E-state index contributed by atoms with van der Waals surface area (Å²) >= 11 is 0. The fourth-order valence-electron chi connectivity index (χ4n) is 2.26. The zero-order valence-corrected chi connectivity index (χ0v) is 11.5. The molecule has 0 fully saturated rings. The van der Waals surface area contributed by atoms with E-state index in [1.165, 1.54) is 16.7 Å². The van der Waals surface area contributed by atoms with Gasteiger partial charge in [-0.05, 0) is 30.0 Å². The van der Waals surface area contributed by atoms with Crippen LogP contribution in [0, 0.1) is 0 Å². The Morgan fingerprint density at radius 1 is 1.00 bits per heavy atom. The Kier molecular flexibility index (Phi) is 5.15. The van der Waals surface area contributed by atoms with Crippen LogP contribution in [-0.2, 0) is 12.8 Å². The third-order valence-corrected chi connectivity index (χ3v) is 3.22. The lowest BCUT2D eigenvalue weighted by Gasteiger charge is -2.11. The van der Waals surface area contributed by atoms with Gasteiger partial charge in [-0.3, -0.25) is 5.84 Å². The summed E-state index contributed by atoms with van der Waals surface area (Å²) in [6.07, 6.45) is 5.71. The molecule has 2 aromatic carbocycles. The second-order valence-corrected chi connectivity index (χ2v) is 4.70. The first-order valence-corrected chi connectivity index (χ1v) is 6.72. The molecule has 0 bridgehead atoms. The van der Waals surface area contributed by atoms with Gasteiger partial charge in [-0.25, -0.2) is 0 Å². The maximum Gasteiger partial charge on any atom is 0.0520 e. The number of rotatable bonds is 6. The maximum atomic E-state index is 5.56. The maximum absolute atomic E-state index is 5.56. The molecule has 2 aromatic rings. The van der Waals surface area contributed by atoms with Gasteiger partial charge in [-0.15, -0.1) is 0 Å². The lowest BCUT2D eigenvalue weighted by molar-refractivity contribution is 1.03. The molecule has 0 radical (unpaired) electrons. The first kappa shape index (κ1) is 14.1. The highest BCUT2D eigenvalue weighted by atomic mass is 15.2. The van der Waals surface area contributed by atoms with Crippen molar-refractivity contribution in [3.63, 3.8) is 0 Å². The summed E-state index contributed by atoms with van der Waals surface area (Å²) in [6.45, 7) is 3.81. The Balaban J connectivity index is 2.18. The molecule has 2 rings (SSSR count). The monoisotopic (exact) mass is 264 g/mol. The van der Waals surface area contributed by atoms with Crippen molar-refractivity contribution in [3.05, 3.63) is 90.0 Å². The quantitative estimate of drug-likeness (QED) is 0.472. The highest BCUT2D eigenvalue weighted by Gasteiger charge is 2.05. The van der Waals surface area contributed by atoms with E-state index in [1.54, 1.807) is 0 Å². The van der Waals surface area contributed by atoms with E-state index in [0.717, 1.165) is 18.5 Å². The number of hydrogen-bond donors (Lipinski definition) is 2. The second kappa shape index (κ2) is 7.31. The Bertz CT molecular complexity index is 585. The molecular formula is C18H20N2. The standard InChI is InChI=1S/C18H20N2/c1-2-8-16(13-15-9-4-3-5-10-15)14-17-11-6-7-12-18(17)20-19/h2-12,20H,1,13-14,19H2/b16-8+. The fourth-order valence-corrected chi connectivity index (χ4v) is 2.26. The normalized spacial score (nSPS) is 11.2. The van der Waals surface area contributed by atoms with E-state index in [0.29, 0.717) is 0 Å². The average molecular weight is 264 g/mol. The van der Waals surface area contributed by atoms with Gasteiger partial charge in [-0.2, -0.15) is 0 Å². The molecular weight excluding hydrogens is 244 g/mol. The van der Waals surface area contributed by atoms with Crippen molar-refractivity contribution >= 4 is 5.69 Å². The zero-order chi connectivity index (χ0) is 14.2. The van der Waals surface area contributed by atoms with Gasteiger partial charge in [0.15, 0.2) is 0 Å². The minimum atomic E-state index is 0.862. The van der Waals surface area contributed by atoms with Crippen molar-refractivity contribution < 1.29 is 0 Å². The highest BCUT2D eigenvalue weighted by molar-refractivity contribution is 5.51. The Hall–Kier alpha value is -2.32. The van der Waals surface area contributed by atoms with E-state index in [1.807, 2.05) is 30.3 Å². The molecule has 2 heteroatoms. The fraction of sp³-hybridized carbons (Fsp3) is 0.111. The molecule has 0 heterocycles. The molecule has 0 atom stereocenters. The van der Waals surface area contributed by atoms with Crippen molar-refractivity contribution in [2.45, 2.75) is 12.8 Å². The molecule has 0 spiro atoms. The van der Waals surface area contributed by atoms with Crippen LogP contribution in [0.3, 0.4) is 0 Å². The molecule has 0 unspecified atom stereocenters. The van der Waals surface area contributed by atoms with Gasteiger partial charge in [0.1, 0.15) is 0 Å². The van der Waals surface area contributed by atoms with Crippen molar-refractivity contribution in [1.82, 2.24) is 0 Å². The van der Waals surface area contributed by atoms with Gasteiger partial charge >= 0.3 is 0 Å². The van der Waals surface area contributed by atoms with E-state index in [-0.39, 0.29) is 0 Å². The predicted molar refractivity (Wildman–Crippen MR) is 86.4 cm³/mol. The SMILES string of the molecule is C=C/C=C(\Cc1ccccc1)Cc1ccccc1NN. The van der Waals surface area contributed by atoms with Crippen LogP contribution in [-0.4, -0.2) is 0 Å². The van der Waals surface area contributed by atoms with Gasteiger partial charge in [0.05, 0.1) is 5.69 Å². The lowest BCUT2D eigenvalue weighted by Crippen LogP contribution is -2.09. The number of para-hydroxylation sites is 1. The number of benzene rings is 2. The largest absolute Gasteiger partial charge is 0.324 e. The molecule has 0 aliphatic carbocycles.